The summed E-state index contributed by atoms with van der Waals surface area (Å²) in [5.41, 5.74) is 0.0950. The van der Waals surface area contributed by atoms with Gasteiger partial charge in [-0.05, 0) is 25.1 Å². The molecule has 8 nitrogen and oxygen atoms in total. The molecule has 1 aromatic carbocycles. The van der Waals surface area contributed by atoms with Crippen molar-refractivity contribution in [2.75, 3.05) is 11.9 Å². The SMILES string of the molecule is CC(=O)c1cccc(NC(=O)COn2cc(C(=O)O)ccc2=O)c1. The number of pyridine rings is 1. The Hall–Kier alpha value is -3.42. The fraction of sp³-hybridized carbons (Fsp3) is 0.125. The minimum absolute atomic E-state index is 0.139. The molecule has 1 amide bonds. The van der Waals surface area contributed by atoms with E-state index in [-0.39, 0.29) is 11.3 Å². The summed E-state index contributed by atoms with van der Waals surface area (Å²) in [5, 5.41) is 11.4. The molecule has 0 saturated heterocycles. The number of hydrogen-bond donors (Lipinski definition) is 2. The van der Waals surface area contributed by atoms with Crippen molar-refractivity contribution >= 4 is 23.3 Å². The summed E-state index contributed by atoms with van der Waals surface area (Å²) in [5.74, 6) is -1.93. The number of carboxylic acids is 1. The predicted molar refractivity (Wildman–Crippen MR) is 84.2 cm³/mol. The summed E-state index contributed by atoms with van der Waals surface area (Å²) in [6.07, 6.45) is 0.980. The van der Waals surface area contributed by atoms with Crippen molar-refractivity contribution in [3.05, 3.63) is 64.1 Å². The number of hydrogen-bond acceptors (Lipinski definition) is 5. The quantitative estimate of drug-likeness (QED) is 0.758. The first-order valence-corrected chi connectivity index (χ1v) is 6.87. The third-order valence-corrected chi connectivity index (χ3v) is 3.01. The molecule has 1 heterocycles. The number of Topliss-reactive ketones (excluding diaryl/α,β-unsaturated/α-hetero) is 1. The standard InChI is InChI=1S/C16H14N2O6/c1-10(19)11-3-2-4-13(7-11)17-14(20)9-24-18-8-12(16(22)23)5-6-15(18)21/h2-8H,9H2,1H3,(H,17,20)(H,22,23). The first-order chi connectivity index (χ1) is 11.4. The minimum atomic E-state index is -1.22. The molecule has 1 aromatic heterocycles. The fourth-order valence-corrected chi connectivity index (χ4v) is 1.84. The Kier molecular flexibility index (Phi) is 5.10. The zero-order valence-corrected chi connectivity index (χ0v) is 12.7. The molecule has 0 bridgehead atoms. The third kappa shape index (κ3) is 4.29. The van der Waals surface area contributed by atoms with Gasteiger partial charge in [-0.1, -0.05) is 12.1 Å². The smallest absolute Gasteiger partial charge is 0.337 e. The van der Waals surface area contributed by atoms with Crippen LogP contribution in [0, 0.1) is 0 Å². The molecule has 8 heteroatoms. The van der Waals surface area contributed by atoms with Crippen molar-refractivity contribution in [3.8, 4) is 0 Å². The molecular formula is C16H14N2O6. The van der Waals surface area contributed by atoms with Crippen molar-refractivity contribution in [2.45, 2.75) is 6.92 Å². The summed E-state index contributed by atoms with van der Waals surface area (Å²) in [7, 11) is 0. The highest BCUT2D eigenvalue weighted by Gasteiger charge is 2.09. The molecule has 0 unspecified atom stereocenters. The van der Waals surface area contributed by atoms with E-state index in [0.717, 1.165) is 18.3 Å². The van der Waals surface area contributed by atoms with Crippen LogP contribution in [-0.2, 0) is 4.79 Å². The lowest BCUT2D eigenvalue weighted by atomic mass is 10.1. The average Bonchev–Trinajstić information content (AvgIpc) is 2.54. The first-order valence-electron chi connectivity index (χ1n) is 6.87. The summed E-state index contributed by atoms with van der Waals surface area (Å²) in [6, 6.07) is 8.51. The summed E-state index contributed by atoms with van der Waals surface area (Å²) < 4.78 is 0.676. The fourth-order valence-electron chi connectivity index (χ4n) is 1.84. The van der Waals surface area contributed by atoms with Gasteiger partial charge in [0, 0.05) is 17.3 Å². The Morgan fingerprint density at radius 1 is 1.17 bits per heavy atom. The lowest BCUT2D eigenvalue weighted by Gasteiger charge is -2.09. The summed E-state index contributed by atoms with van der Waals surface area (Å²) in [6.45, 7) is 0.902. The number of carbonyl (C=O) groups excluding carboxylic acids is 2. The lowest BCUT2D eigenvalue weighted by Crippen LogP contribution is -2.32. The highest BCUT2D eigenvalue weighted by Crippen LogP contribution is 2.10. The van der Waals surface area contributed by atoms with Crippen LogP contribution in [0.15, 0.2) is 47.4 Å². The van der Waals surface area contributed by atoms with Crippen molar-refractivity contribution < 1.29 is 24.3 Å². The van der Waals surface area contributed by atoms with Gasteiger partial charge < -0.3 is 15.3 Å². The van der Waals surface area contributed by atoms with Gasteiger partial charge in [-0.3, -0.25) is 14.4 Å². The second-order valence-electron chi connectivity index (χ2n) is 4.85. The molecule has 0 saturated carbocycles. The topological polar surface area (TPSA) is 115 Å². The summed E-state index contributed by atoms with van der Waals surface area (Å²) in [4.78, 5) is 50.6. The number of nitrogens with zero attached hydrogens (tertiary/aromatic N) is 1. The van der Waals surface area contributed by atoms with E-state index in [9.17, 15) is 19.2 Å². The molecule has 0 aliphatic rings. The number of amides is 1. The van der Waals surface area contributed by atoms with E-state index in [1.54, 1.807) is 18.2 Å². The highest BCUT2D eigenvalue weighted by molar-refractivity contribution is 5.97. The first kappa shape index (κ1) is 16.9. The van der Waals surface area contributed by atoms with E-state index in [1.807, 2.05) is 0 Å². The number of benzene rings is 1. The Balaban J connectivity index is 2.02. The Morgan fingerprint density at radius 3 is 2.58 bits per heavy atom. The maximum Gasteiger partial charge on any atom is 0.337 e. The molecule has 0 fully saturated rings. The lowest BCUT2D eigenvalue weighted by molar-refractivity contribution is -0.120. The van der Waals surface area contributed by atoms with Crippen LogP contribution in [0.2, 0.25) is 0 Å². The summed E-state index contributed by atoms with van der Waals surface area (Å²) >= 11 is 0. The third-order valence-electron chi connectivity index (χ3n) is 3.01. The number of ketones is 1. The second kappa shape index (κ2) is 7.23. The maximum absolute atomic E-state index is 11.8. The number of carbonyl (C=O) groups is 3. The molecule has 2 rings (SSSR count). The Bertz CT molecular complexity index is 856. The van der Waals surface area contributed by atoms with Crippen LogP contribution in [0.1, 0.15) is 27.6 Å². The van der Waals surface area contributed by atoms with Gasteiger partial charge in [0.2, 0.25) is 0 Å². The number of rotatable bonds is 6. The molecule has 0 aliphatic carbocycles. The van der Waals surface area contributed by atoms with E-state index < -0.39 is 24.0 Å². The molecule has 2 N–H and O–H groups in total. The van der Waals surface area contributed by atoms with Gasteiger partial charge in [0.1, 0.15) is 0 Å². The van der Waals surface area contributed by atoms with Crippen LogP contribution < -0.4 is 15.7 Å². The van der Waals surface area contributed by atoms with Crippen LogP contribution in [-0.4, -0.2) is 34.1 Å². The minimum Gasteiger partial charge on any atom is -0.478 e. The van der Waals surface area contributed by atoms with Crippen LogP contribution >= 0.6 is 0 Å². The number of aromatic carboxylic acids is 1. The van der Waals surface area contributed by atoms with Crippen LogP contribution in [0.25, 0.3) is 0 Å². The van der Waals surface area contributed by atoms with Gasteiger partial charge in [0.25, 0.3) is 11.5 Å². The van der Waals surface area contributed by atoms with E-state index in [2.05, 4.69) is 5.32 Å². The van der Waals surface area contributed by atoms with Gasteiger partial charge >= 0.3 is 5.97 Å². The van der Waals surface area contributed by atoms with Crippen molar-refractivity contribution in [3.63, 3.8) is 0 Å². The molecule has 0 atom stereocenters. The average molecular weight is 330 g/mol. The predicted octanol–water partition coefficient (Wildman–Crippen LogP) is 0.816. The molecule has 124 valence electrons. The number of nitrogens with one attached hydrogen (secondary N) is 1. The molecule has 0 spiro atoms. The normalized spacial score (nSPS) is 10.0. The zero-order valence-electron chi connectivity index (χ0n) is 12.7. The highest BCUT2D eigenvalue weighted by atomic mass is 16.7. The van der Waals surface area contributed by atoms with Gasteiger partial charge in [-0.15, -0.1) is 0 Å². The number of anilines is 1. The number of carboxylic acid groups (broad SMARTS) is 1. The zero-order chi connectivity index (χ0) is 17.7. The molecule has 2 aromatic rings. The van der Waals surface area contributed by atoms with Gasteiger partial charge in [-0.25, -0.2) is 4.79 Å². The Morgan fingerprint density at radius 2 is 1.92 bits per heavy atom. The van der Waals surface area contributed by atoms with Crippen molar-refractivity contribution in [1.82, 2.24) is 4.73 Å². The maximum atomic E-state index is 11.8. The molecular weight excluding hydrogens is 316 g/mol. The van der Waals surface area contributed by atoms with E-state index in [0.29, 0.717) is 16.0 Å². The van der Waals surface area contributed by atoms with E-state index >= 15 is 0 Å². The molecule has 24 heavy (non-hydrogen) atoms. The van der Waals surface area contributed by atoms with Crippen LogP contribution in [0.5, 0.6) is 0 Å². The van der Waals surface area contributed by atoms with Gasteiger partial charge in [0.15, 0.2) is 12.4 Å². The van der Waals surface area contributed by atoms with E-state index in [1.165, 1.54) is 13.0 Å². The largest absolute Gasteiger partial charge is 0.478 e. The Labute approximate surface area is 136 Å². The monoisotopic (exact) mass is 330 g/mol. The molecule has 0 radical (unpaired) electrons. The number of aromatic nitrogens is 1. The second-order valence-corrected chi connectivity index (χ2v) is 4.85. The van der Waals surface area contributed by atoms with E-state index in [4.69, 9.17) is 9.94 Å². The van der Waals surface area contributed by atoms with Crippen LogP contribution in [0.3, 0.4) is 0 Å². The molecule has 0 aliphatic heterocycles. The van der Waals surface area contributed by atoms with Crippen molar-refractivity contribution in [1.29, 1.82) is 0 Å². The van der Waals surface area contributed by atoms with Crippen molar-refractivity contribution in [2.24, 2.45) is 0 Å². The van der Waals surface area contributed by atoms with Gasteiger partial charge in [-0.2, -0.15) is 4.73 Å². The van der Waals surface area contributed by atoms with Crippen LogP contribution in [0.4, 0.5) is 5.69 Å². The van der Waals surface area contributed by atoms with Gasteiger partial charge in [0.05, 0.1) is 11.8 Å².